The summed E-state index contributed by atoms with van der Waals surface area (Å²) >= 11 is 17.2. The van der Waals surface area contributed by atoms with E-state index in [2.05, 4.69) is 4.74 Å². The van der Waals surface area contributed by atoms with Crippen molar-refractivity contribution in [2.45, 2.75) is 41.6 Å². The number of β-amino-alcohol motifs (C(OH)–C–C–N with tert-alkyl or cyclic N) is 1. The molecule has 1 N–H and O–H groups in total. The van der Waals surface area contributed by atoms with Crippen molar-refractivity contribution < 1.29 is 24.2 Å². The van der Waals surface area contributed by atoms with E-state index in [9.17, 15) is 14.7 Å². The number of aliphatic hydroxyl groups is 1. The van der Waals surface area contributed by atoms with E-state index in [-0.39, 0.29) is 19.6 Å². The molecule has 0 radical (unpaired) electrons. The van der Waals surface area contributed by atoms with Gasteiger partial charge < -0.3 is 14.6 Å². The lowest BCUT2D eigenvalue weighted by Gasteiger charge is -2.29. The number of halogens is 3. The summed E-state index contributed by atoms with van der Waals surface area (Å²) in [7, 11) is 1.18. The fourth-order valence-corrected chi connectivity index (χ4v) is 2.43. The third-order valence-electron chi connectivity index (χ3n) is 3.30. The van der Waals surface area contributed by atoms with Gasteiger partial charge >= 0.3 is 12.1 Å². The van der Waals surface area contributed by atoms with Crippen molar-refractivity contribution >= 4 is 46.9 Å². The van der Waals surface area contributed by atoms with Crippen LogP contribution in [-0.4, -0.2) is 57.8 Å². The Morgan fingerprint density at radius 2 is 2.05 bits per heavy atom. The number of nitrogens with zero attached hydrogens (tertiary/aromatic N) is 1. The van der Waals surface area contributed by atoms with Crippen LogP contribution in [0.15, 0.2) is 0 Å². The van der Waals surface area contributed by atoms with Crippen LogP contribution in [0.2, 0.25) is 0 Å². The highest BCUT2D eigenvalue weighted by atomic mass is 35.6. The molecule has 1 heterocycles. The highest BCUT2D eigenvalue weighted by Gasteiger charge is 2.58. The molecule has 1 aliphatic heterocycles. The molecule has 9 heteroatoms. The fourth-order valence-electron chi connectivity index (χ4n) is 2.02. The lowest BCUT2D eigenvalue weighted by Crippen LogP contribution is -2.46. The molecule has 0 aliphatic carbocycles. The van der Waals surface area contributed by atoms with E-state index in [0.29, 0.717) is 6.42 Å². The molecular formula is C12H18Cl3NO5. The Labute approximate surface area is 138 Å². The molecule has 21 heavy (non-hydrogen) atoms. The van der Waals surface area contributed by atoms with Crippen molar-refractivity contribution in [2.24, 2.45) is 0 Å². The molecule has 122 valence electrons. The van der Waals surface area contributed by atoms with Crippen molar-refractivity contribution in [3.8, 4) is 0 Å². The quantitative estimate of drug-likeness (QED) is 0.472. The van der Waals surface area contributed by atoms with Crippen LogP contribution < -0.4 is 0 Å². The average molecular weight is 363 g/mol. The lowest BCUT2D eigenvalue weighted by molar-refractivity contribution is -0.145. The van der Waals surface area contributed by atoms with E-state index in [1.165, 1.54) is 7.11 Å². The summed E-state index contributed by atoms with van der Waals surface area (Å²) in [6, 6.07) is -1.05. The number of hydrogen-bond donors (Lipinski definition) is 1. The summed E-state index contributed by atoms with van der Waals surface area (Å²) < 4.78 is 7.61. The predicted molar refractivity (Wildman–Crippen MR) is 78.6 cm³/mol. The van der Waals surface area contributed by atoms with E-state index in [4.69, 9.17) is 39.5 Å². The zero-order valence-electron chi connectivity index (χ0n) is 11.8. The summed E-state index contributed by atoms with van der Waals surface area (Å²) in [6.07, 6.45) is 0.561. The van der Waals surface area contributed by atoms with E-state index < -0.39 is 27.5 Å². The van der Waals surface area contributed by atoms with Gasteiger partial charge in [0.05, 0.1) is 20.3 Å². The van der Waals surface area contributed by atoms with Crippen LogP contribution in [0.1, 0.15) is 26.2 Å². The summed E-state index contributed by atoms with van der Waals surface area (Å²) in [4.78, 5) is 24.8. The number of methoxy groups -OCH3 is 1. The third kappa shape index (κ3) is 4.28. The number of amides is 1. The highest BCUT2D eigenvalue weighted by Crippen LogP contribution is 2.45. The number of rotatable bonds is 4. The van der Waals surface area contributed by atoms with Gasteiger partial charge in [-0.2, -0.15) is 0 Å². The summed E-state index contributed by atoms with van der Waals surface area (Å²) in [6.45, 7) is 1.84. The SMILES string of the molecule is CCCCOC(=O)N1C[C@](O)(C(Cl)(Cl)Cl)C[C@H]1C(=O)OC. The zero-order chi connectivity index (χ0) is 16.3. The summed E-state index contributed by atoms with van der Waals surface area (Å²) in [5, 5.41) is 10.4. The van der Waals surface area contributed by atoms with Gasteiger partial charge in [-0.15, -0.1) is 0 Å². The van der Waals surface area contributed by atoms with Crippen LogP contribution in [0.25, 0.3) is 0 Å². The van der Waals surface area contributed by atoms with E-state index in [1.807, 2.05) is 6.92 Å². The van der Waals surface area contributed by atoms with Gasteiger partial charge in [-0.05, 0) is 6.42 Å². The van der Waals surface area contributed by atoms with Crippen LogP contribution in [0.4, 0.5) is 4.79 Å². The number of ether oxygens (including phenoxy) is 2. The second-order valence-corrected chi connectivity index (χ2v) is 7.15. The minimum Gasteiger partial charge on any atom is -0.467 e. The highest BCUT2D eigenvalue weighted by molar-refractivity contribution is 6.68. The van der Waals surface area contributed by atoms with Crippen LogP contribution in [0.3, 0.4) is 0 Å². The topological polar surface area (TPSA) is 76.1 Å². The molecule has 1 aliphatic rings. The standard InChI is InChI=1S/C12H18Cl3NO5/c1-3-4-5-21-10(18)16-7-11(19,12(13,14)15)6-8(16)9(17)20-2/h8,19H,3-7H2,1-2H3/t8-,11-/m0/s1. The first-order valence-electron chi connectivity index (χ1n) is 6.46. The maximum atomic E-state index is 12.0. The Bertz CT molecular complexity index is 401. The maximum Gasteiger partial charge on any atom is 0.410 e. The summed E-state index contributed by atoms with van der Waals surface area (Å²) in [5.41, 5.74) is -1.85. The van der Waals surface area contributed by atoms with Crippen LogP contribution in [0, 0.1) is 0 Å². The van der Waals surface area contributed by atoms with E-state index in [0.717, 1.165) is 11.3 Å². The molecule has 1 rings (SSSR count). The smallest absolute Gasteiger partial charge is 0.410 e. The monoisotopic (exact) mass is 361 g/mol. The lowest BCUT2D eigenvalue weighted by atomic mass is 10.0. The van der Waals surface area contributed by atoms with Gasteiger partial charge in [0.1, 0.15) is 11.6 Å². The van der Waals surface area contributed by atoms with Gasteiger partial charge in [0.25, 0.3) is 0 Å². The predicted octanol–water partition coefficient (Wildman–Crippen LogP) is 2.27. The Morgan fingerprint density at radius 3 is 2.52 bits per heavy atom. The Hall–Kier alpha value is -0.430. The van der Waals surface area contributed by atoms with Gasteiger partial charge in [-0.25, -0.2) is 9.59 Å². The van der Waals surface area contributed by atoms with Crippen molar-refractivity contribution in [1.29, 1.82) is 0 Å². The van der Waals surface area contributed by atoms with Crippen LogP contribution in [-0.2, 0) is 14.3 Å². The number of esters is 1. The minimum absolute atomic E-state index is 0.214. The minimum atomic E-state index is -2.04. The number of carbonyl (C=O) groups excluding carboxylic acids is 2. The van der Waals surface area contributed by atoms with Crippen molar-refractivity contribution in [3.05, 3.63) is 0 Å². The second-order valence-electron chi connectivity index (χ2n) is 4.87. The van der Waals surface area contributed by atoms with Crippen LogP contribution >= 0.6 is 34.8 Å². The molecule has 0 spiro atoms. The van der Waals surface area contributed by atoms with E-state index >= 15 is 0 Å². The zero-order valence-corrected chi connectivity index (χ0v) is 14.0. The molecule has 0 unspecified atom stereocenters. The number of alkyl halides is 3. The van der Waals surface area contributed by atoms with Crippen LogP contribution in [0.5, 0.6) is 0 Å². The number of carbonyl (C=O) groups is 2. The largest absolute Gasteiger partial charge is 0.467 e. The number of hydrogen-bond acceptors (Lipinski definition) is 5. The van der Waals surface area contributed by atoms with Gasteiger partial charge in [-0.3, -0.25) is 4.90 Å². The number of likely N-dealkylation sites (tertiary alicyclic amines) is 1. The summed E-state index contributed by atoms with van der Waals surface area (Å²) in [5.74, 6) is -0.701. The first-order chi connectivity index (χ1) is 9.66. The normalized spacial score (nSPS) is 25.8. The Balaban J connectivity index is 2.88. The first-order valence-corrected chi connectivity index (χ1v) is 7.60. The first kappa shape index (κ1) is 18.6. The van der Waals surface area contributed by atoms with Gasteiger partial charge in [0, 0.05) is 6.42 Å². The van der Waals surface area contributed by atoms with Crippen molar-refractivity contribution in [1.82, 2.24) is 4.90 Å². The molecule has 0 aromatic carbocycles. The molecule has 0 bridgehead atoms. The Kier molecular flexibility index (Phi) is 6.40. The average Bonchev–Trinajstić information content (AvgIpc) is 2.77. The molecule has 0 aromatic heterocycles. The van der Waals surface area contributed by atoms with E-state index in [1.54, 1.807) is 0 Å². The number of unbranched alkanes of at least 4 members (excludes halogenated alkanes) is 1. The molecule has 0 saturated carbocycles. The van der Waals surface area contributed by atoms with Gasteiger partial charge in [0.15, 0.2) is 0 Å². The third-order valence-corrected chi connectivity index (χ3v) is 4.35. The van der Waals surface area contributed by atoms with Crippen molar-refractivity contribution in [3.63, 3.8) is 0 Å². The van der Waals surface area contributed by atoms with Crippen molar-refractivity contribution in [2.75, 3.05) is 20.3 Å². The van der Waals surface area contributed by atoms with Gasteiger partial charge in [-0.1, -0.05) is 48.1 Å². The molecule has 6 nitrogen and oxygen atoms in total. The van der Waals surface area contributed by atoms with Gasteiger partial charge in [0.2, 0.25) is 3.79 Å². The molecule has 0 aromatic rings. The maximum absolute atomic E-state index is 12.0. The molecule has 1 amide bonds. The molecule has 2 atom stereocenters. The molecular weight excluding hydrogens is 344 g/mol. The molecule has 1 fully saturated rings. The second kappa shape index (κ2) is 7.22. The molecule has 1 saturated heterocycles. The Morgan fingerprint density at radius 1 is 1.43 bits per heavy atom. The fraction of sp³-hybridized carbons (Fsp3) is 0.833.